The maximum atomic E-state index is 13.0. The molecule has 1 aliphatic carbocycles. The zero-order valence-electron chi connectivity index (χ0n) is 9.01. The fraction of sp³-hybridized carbons (Fsp3) is 0.417. The van der Waals surface area contributed by atoms with Gasteiger partial charge in [-0.1, -0.05) is 0 Å². The summed E-state index contributed by atoms with van der Waals surface area (Å²) in [6.07, 6.45) is 0.397. The summed E-state index contributed by atoms with van der Waals surface area (Å²) in [4.78, 5) is 7.00. The van der Waals surface area contributed by atoms with Gasteiger partial charge in [-0.15, -0.1) is 0 Å². The number of nitrogens with one attached hydrogen (secondary N) is 1. The van der Waals surface area contributed by atoms with Gasteiger partial charge in [-0.25, -0.2) is 0 Å². The number of halogens is 3. The molecule has 0 aromatic carbocycles. The van der Waals surface area contributed by atoms with E-state index in [0.717, 1.165) is 11.2 Å². The van der Waals surface area contributed by atoms with Gasteiger partial charge in [-0.05, 0) is 30.9 Å². The predicted octanol–water partition coefficient (Wildman–Crippen LogP) is 3.55. The van der Waals surface area contributed by atoms with Crippen molar-refractivity contribution < 1.29 is 13.2 Å². The van der Waals surface area contributed by atoms with Crippen LogP contribution in [-0.2, 0) is 6.42 Å². The van der Waals surface area contributed by atoms with Crippen molar-refractivity contribution in [2.75, 3.05) is 0 Å². The topological polar surface area (TPSA) is 28.7 Å². The molecule has 0 bridgehead atoms. The molecule has 17 heavy (non-hydrogen) atoms. The number of fused-ring (bicyclic) bond motifs is 3. The third kappa shape index (κ3) is 1.61. The normalized spacial score (nSPS) is 20.5. The number of aromatic nitrogens is 2. The van der Waals surface area contributed by atoms with Crippen molar-refractivity contribution >= 4 is 10.9 Å². The zero-order chi connectivity index (χ0) is 12.0. The van der Waals surface area contributed by atoms with Crippen molar-refractivity contribution in [2.24, 2.45) is 0 Å². The van der Waals surface area contributed by atoms with Crippen LogP contribution in [0.5, 0.6) is 0 Å². The first-order valence-electron chi connectivity index (χ1n) is 5.58. The van der Waals surface area contributed by atoms with Gasteiger partial charge in [0.2, 0.25) is 0 Å². The Bertz CT molecular complexity index is 556. The van der Waals surface area contributed by atoms with E-state index in [2.05, 4.69) is 9.97 Å². The van der Waals surface area contributed by atoms with Crippen LogP contribution in [0.3, 0.4) is 0 Å². The highest BCUT2D eigenvalue weighted by atomic mass is 19.4. The van der Waals surface area contributed by atoms with Crippen LogP contribution in [0.15, 0.2) is 18.5 Å². The summed E-state index contributed by atoms with van der Waals surface area (Å²) in [6, 6.07) is 1.72. The lowest BCUT2D eigenvalue weighted by Gasteiger charge is -2.25. The number of aromatic amines is 1. The largest absolute Gasteiger partial charge is 0.395 e. The Labute approximate surface area is 95.9 Å². The van der Waals surface area contributed by atoms with Crippen LogP contribution in [0, 0.1) is 0 Å². The number of pyridine rings is 1. The first-order chi connectivity index (χ1) is 8.07. The molecule has 0 fully saturated rings. The Morgan fingerprint density at radius 1 is 1.35 bits per heavy atom. The summed E-state index contributed by atoms with van der Waals surface area (Å²) in [5.41, 5.74) is 1.88. The average molecular weight is 240 g/mol. The number of alkyl halides is 3. The highest BCUT2D eigenvalue weighted by molar-refractivity contribution is 5.84. The quantitative estimate of drug-likeness (QED) is 0.749. The van der Waals surface area contributed by atoms with Crippen LogP contribution in [0.25, 0.3) is 10.9 Å². The van der Waals surface area contributed by atoms with Crippen LogP contribution < -0.4 is 0 Å². The first kappa shape index (κ1) is 10.6. The molecule has 1 aliphatic rings. The molecule has 3 rings (SSSR count). The van der Waals surface area contributed by atoms with E-state index in [1.807, 2.05) is 0 Å². The molecule has 1 atom stereocenters. The summed E-state index contributed by atoms with van der Waals surface area (Å²) in [6.45, 7) is 0. The van der Waals surface area contributed by atoms with Gasteiger partial charge in [-0.3, -0.25) is 4.98 Å². The van der Waals surface area contributed by atoms with Crippen molar-refractivity contribution in [3.05, 3.63) is 29.7 Å². The highest BCUT2D eigenvalue weighted by Crippen LogP contribution is 2.45. The van der Waals surface area contributed by atoms with E-state index in [0.29, 0.717) is 23.8 Å². The number of aryl methyl sites for hydroxylation is 1. The maximum absolute atomic E-state index is 13.0. The van der Waals surface area contributed by atoms with Gasteiger partial charge in [0.1, 0.15) is 0 Å². The summed E-state index contributed by atoms with van der Waals surface area (Å²) < 4.78 is 39.0. The number of rotatable bonds is 0. The van der Waals surface area contributed by atoms with E-state index >= 15 is 0 Å². The van der Waals surface area contributed by atoms with E-state index in [4.69, 9.17) is 0 Å². The average Bonchev–Trinajstić information content (AvgIpc) is 2.65. The Balaban J connectivity index is 2.24. The second-order valence-corrected chi connectivity index (χ2v) is 4.42. The maximum Gasteiger partial charge on any atom is 0.395 e. The Morgan fingerprint density at radius 3 is 2.94 bits per heavy atom. The van der Waals surface area contributed by atoms with E-state index < -0.39 is 12.1 Å². The lowest BCUT2D eigenvalue weighted by molar-refractivity contribution is -0.153. The van der Waals surface area contributed by atoms with Gasteiger partial charge in [0.25, 0.3) is 0 Å². The third-order valence-electron chi connectivity index (χ3n) is 3.39. The molecule has 2 aromatic heterocycles. The Morgan fingerprint density at radius 2 is 2.18 bits per heavy atom. The number of nitrogens with zero attached hydrogens (tertiary/aromatic N) is 1. The monoisotopic (exact) mass is 240 g/mol. The van der Waals surface area contributed by atoms with Gasteiger partial charge < -0.3 is 4.98 Å². The van der Waals surface area contributed by atoms with Crippen molar-refractivity contribution in [1.29, 1.82) is 0 Å². The minimum Gasteiger partial charge on any atom is -0.358 e. The minimum atomic E-state index is -4.17. The SMILES string of the molecule is FC(F)(F)C1CCCc2[nH]c3ccncc3c21. The molecule has 0 spiro atoms. The molecule has 90 valence electrons. The van der Waals surface area contributed by atoms with Gasteiger partial charge in [-0.2, -0.15) is 13.2 Å². The Kier molecular flexibility index (Phi) is 2.18. The van der Waals surface area contributed by atoms with Crippen molar-refractivity contribution in [2.45, 2.75) is 31.4 Å². The predicted molar refractivity (Wildman–Crippen MR) is 57.8 cm³/mol. The Hall–Kier alpha value is -1.52. The number of hydrogen-bond acceptors (Lipinski definition) is 1. The smallest absolute Gasteiger partial charge is 0.358 e. The van der Waals surface area contributed by atoms with Crippen molar-refractivity contribution in [1.82, 2.24) is 9.97 Å². The molecule has 5 heteroatoms. The van der Waals surface area contributed by atoms with Crippen molar-refractivity contribution in [3.63, 3.8) is 0 Å². The van der Waals surface area contributed by atoms with Crippen LogP contribution in [0.1, 0.15) is 30.0 Å². The molecule has 0 amide bonds. The van der Waals surface area contributed by atoms with Crippen LogP contribution in [-0.4, -0.2) is 16.1 Å². The molecule has 0 saturated heterocycles. The highest BCUT2D eigenvalue weighted by Gasteiger charge is 2.44. The second-order valence-electron chi connectivity index (χ2n) is 4.42. The molecule has 1 unspecified atom stereocenters. The molecule has 0 aliphatic heterocycles. The summed E-state index contributed by atoms with van der Waals surface area (Å²) in [7, 11) is 0. The first-order valence-corrected chi connectivity index (χ1v) is 5.58. The van der Waals surface area contributed by atoms with Gasteiger partial charge in [0.05, 0.1) is 5.92 Å². The van der Waals surface area contributed by atoms with E-state index in [-0.39, 0.29) is 6.42 Å². The summed E-state index contributed by atoms with van der Waals surface area (Å²) in [5.74, 6) is -1.34. The van der Waals surface area contributed by atoms with Gasteiger partial charge in [0, 0.05) is 29.0 Å². The zero-order valence-corrected chi connectivity index (χ0v) is 9.01. The van der Waals surface area contributed by atoms with E-state index in [9.17, 15) is 13.2 Å². The van der Waals surface area contributed by atoms with Crippen LogP contribution in [0.4, 0.5) is 13.2 Å². The molecule has 0 radical (unpaired) electrons. The molecule has 2 aromatic rings. The molecular formula is C12H11F3N2. The second kappa shape index (κ2) is 3.48. The lowest BCUT2D eigenvalue weighted by atomic mass is 9.85. The van der Waals surface area contributed by atoms with Crippen LogP contribution >= 0.6 is 0 Å². The van der Waals surface area contributed by atoms with E-state index in [1.54, 1.807) is 12.3 Å². The van der Waals surface area contributed by atoms with Gasteiger partial charge >= 0.3 is 6.18 Å². The van der Waals surface area contributed by atoms with E-state index in [1.165, 1.54) is 6.20 Å². The fourth-order valence-electron chi connectivity index (χ4n) is 2.66. The lowest BCUT2D eigenvalue weighted by Crippen LogP contribution is -2.24. The molecule has 1 N–H and O–H groups in total. The molecule has 0 saturated carbocycles. The minimum absolute atomic E-state index is 0.179. The number of H-pyrrole nitrogens is 1. The molecular weight excluding hydrogens is 229 g/mol. The standard InChI is InChI=1S/C12H11F3N2/c13-12(14,15)8-2-1-3-10-11(8)7-6-16-5-4-9(7)17-10/h4-6,8,17H,1-3H2. The third-order valence-corrected chi connectivity index (χ3v) is 3.39. The summed E-state index contributed by atoms with van der Waals surface area (Å²) >= 11 is 0. The van der Waals surface area contributed by atoms with Gasteiger partial charge in [0.15, 0.2) is 0 Å². The van der Waals surface area contributed by atoms with Crippen molar-refractivity contribution in [3.8, 4) is 0 Å². The summed E-state index contributed by atoms with van der Waals surface area (Å²) in [5, 5.41) is 0.615. The number of hydrogen-bond donors (Lipinski definition) is 1. The fourth-order valence-corrected chi connectivity index (χ4v) is 2.66. The van der Waals surface area contributed by atoms with Crippen LogP contribution in [0.2, 0.25) is 0 Å². The molecule has 2 heterocycles. The molecule has 2 nitrogen and oxygen atoms in total.